The van der Waals surface area contributed by atoms with Crippen molar-refractivity contribution >= 4 is 39.1 Å². The van der Waals surface area contributed by atoms with Crippen molar-refractivity contribution in [1.29, 1.82) is 0 Å². The normalized spacial score (nSPS) is 18.6. The molecule has 1 aromatic rings. The third kappa shape index (κ3) is 2.90. The molecule has 1 atom stereocenters. The fourth-order valence-electron chi connectivity index (χ4n) is 2.25. The van der Waals surface area contributed by atoms with Crippen LogP contribution in [0.5, 0.6) is 0 Å². The molecular formula is C12H12BrClN2O3. The minimum atomic E-state index is -0.571. The number of hydrogen-bond acceptors (Lipinski definition) is 3. The van der Waals surface area contributed by atoms with Crippen LogP contribution in [0.3, 0.4) is 0 Å². The number of carbonyl (C=O) groups excluding carboxylic acids is 1. The van der Waals surface area contributed by atoms with Gasteiger partial charge in [0.15, 0.2) is 0 Å². The summed E-state index contributed by atoms with van der Waals surface area (Å²) in [5.41, 5.74) is -0.139. The minimum Gasteiger partial charge on any atom is -0.335 e. The molecule has 1 heterocycles. The Morgan fingerprint density at radius 2 is 2.32 bits per heavy atom. The Morgan fingerprint density at radius 1 is 1.58 bits per heavy atom. The second-order valence-electron chi connectivity index (χ2n) is 4.37. The molecule has 7 heteroatoms. The van der Waals surface area contributed by atoms with Crippen LogP contribution in [0, 0.1) is 10.1 Å². The Labute approximate surface area is 123 Å². The smallest absolute Gasteiger partial charge is 0.283 e. The number of alkyl halides is 1. The molecule has 0 aliphatic carbocycles. The van der Waals surface area contributed by atoms with Gasteiger partial charge in [0.1, 0.15) is 5.56 Å². The zero-order chi connectivity index (χ0) is 14.0. The maximum absolute atomic E-state index is 12.4. The number of likely N-dealkylation sites (tertiary alicyclic amines) is 1. The summed E-state index contributed by atoms with van der Waals surface area (Å²) in [6.07, 6.45) is 1.84. The van der Waals surface area contributed by atoms with Gasteiger partial charge < -0.3 is 4.90 Å². The summed E-state index contributed by atoms with van der Waals surface area (Å²) in [6.45, 7) is 0.634. The molecule has 1 amide bonds. The predicted octanol–water partition coefficient (Wildman–Crippen LogP) is 3.25. The maximum Gasteiger partial charge on any atom is 0.283 e. The summed E-state index contributed by atoms with van der Waals surface area (Å²) < 4.78 is 0. The summed E-state index contributed by atoms with van der Waals surface area (Å²) in [7, 11) is 0. The molecule has 1 aromatic carbocycles. The van der Waals surface area contributed by atoms with Crippen molar-refractivity contribution in [1.82, 2.24) is 4.90 Å². The lowest BCUT2D eigenvalue weighted by Crippen LogP contribution is -2.36. The van der Waals surface area contributed by atoms with Crippen LogP contribution in [0.4, 0.5) is 5.69 Å². The first kappa shape index (κ1) is 14.3. The first-order valence-electron chi connectivity index (χ1n) is 5.85. The number of nitro groups is 1. The Bertz CT molecular complexity index is 524. The van der Waals surface area contributed by atoms with Crippen LogP contribution in [0.15, 0.2) is 18.2 Å². The molecule has 102 valence electrons. The topological polar surface area (TPSA) is 63.4 Å². The zero-order valence-corrected chi connectivity index (χ0v) is 12.4. The van der Waals surface area contributed by atoms with Gasteiger partial charge in [-0.1, -0.05) is 27.5 Å². The molecule has 0 aromatic heterocycles. The van der Waals surface area contributed by atoms with Crippen molar-refractivity contribution in [3.63, 3.8) is 0 Å². The van der Waals surface area contributed by atoms with E-state index in [-0.39, 0.29) is 28.2 Å². The molecule has 1 saturated heterocycles. The number of carbonyl (C=O) groups is 1. The van der Waals surface area contributed by atoms with E-state index in [2.05, 4.69) is 15.9 Å². The van der Waals surface area contributed by atoms with E-state index in [0.717, 1.165) is 12.8 Å². The highest BCUT2D eigenvalue weighted by atomic mass is 79.9. The standard InChI is InChI=1S/C12H12BrClN2O3/c13-7-9-2-1-5-15(9)12(17)10-4-3-8(14)6-11(10)16(18)19/h3-4,6,9H,1-2,5,7H2. The van der Waals surface area contributed by atoms with Gasteiger partial charge in [-0.25, -0.2) is 0 Å². The first-order valence-corrected chi connectivity index (χ1v) is 7.35. The van der Waals surface area contributed by atoms with E-state index in [1.165, 1.54) is 18.2 Å². The van der Waals surface area contributed by atoms with Crippen LogP contribution >= 0.6 is 27.5 Å². The molecule has 0 saturated carbocycles. The quantitative estimate of drug-likeness (QED) is 0.479. The zero-order valence-electron chi connectivity index (χ0n) is 10.0. The summed E-state index contributed by atoms with van der Waals surface area (Å²) >= 11 is 9.11. The van der Waals surface area contributed by atoms with Crippen molar-refractivity contribution in [3.8, 4) is 0 Å². The largest absolute Gasteiger partial charge is 0.335 e. The number of nitrogens with zero attached hydrogens (tertiary/aromatic N) is 2. The van der Waals surface area contributed by atoms with Crippen LogP contribution in [0.2, 0.25) is 5.02 Å². The average Bonchev–Trinajstić information content (AvgIpc) is 2.86. The van der Waals surface area contributed by atoms with Gasteiger partial charge in [0, 0.05) is 29.0 Å². The minimum absolute atomic E-state index is 0.0993. The average molecular weight is 348 g/mol. The molecule has 0 bridgehead atoms. The van der Waals surface area contributed by atoms with Crippen LogP contribution in [0.25, 0.3) is 0 Å². The van der Waals surface area contributed by atoms with Gasteiger partial charge in [0.05, 0.1) is 4.92 Å². The molecule has 1 aliphatic heterocycles. The van der Waals surface area contributed by atoms with Crippen LogP contribution in [0.1, 0.15) is 23.2 Å². The molecule has 0 spiro atoms. The lowest BCUT2D eigenvalue weighted by molar-refractivity contribution is -0.385. The molecule has 0 N–H and O–H groups in total. The van der Waals surface area contributed by atoms with Gasteiger partial charge in [-0.05, 0) is 25.0 Å². The van der Waals surface area contributed by atoms with Gasteiger partial charge in [-0.15, -0.1) is 0 Å². The highest BCUT2D eigenvalue weighted by Crippen LogP contribution is 2.28. The van der Waals surface area contributed by atoms with Crippen molar-refractivity contribution in [3.05, 3.63) is 38.9 Å². The van der Waals surface area contributed by atoms with Crippen LogP contribution < -0.4 is 0 Å². The molecule has 1 aliphatic rings. The summed E-state index contributed by atoms with van der Waals surface area (Å²) in [4.78, 5) is 24.5. The predicted molar refractivity (Wildman–Crippen MR) is 76.0 cm³/mol. The second kappa shape index (κ2) is 5.88. The molecule has 5 nitrogen and oxygen atoms in total. The number of hydrogen-bond donors (Lipinski definition) is 0. The fourth-order valence-corrected chi connectivity index (χ4v) is 3.09. The molecule has 1 fully saturated rings. The number of benzene rings is 1. The van der Waals surface area contributed by atoms with Gasteiger partial charge in [-0.2, -0.15) is 0 Å². The number of nitro benzene ring substituents is 1. The molecule has 1 unspecified atom stereocenters. The molecule has 19 heavy (non-hydrogen) atoms. The van der Waals surface area contributed by atoms with E-state index in [9.17, 15) is 14.9 Å². The van der Waals surface area contributed by atoms with E-state index in [1.807, 2.05) is 0 Å². The summed E-state index contributed by atoms with van der Waals surface area (Å²) in [6, 6.07) is 4.24. The van der Waals surface area contributed by atoms with Crippen LogP contribution in [-0.4, -0.2) is 33.6 Å². The maximum atomic E-state index is 12.4. The van der Waals surface area contributed by atoms with E-state index in [4.69, 9.17) is 11.6 Å². The van der Waals surface area contributed by atoms with Gasteiger partial charge >= 0.3 is 0 Å². The number of halogens is 2. The van der Waals surface area contributed by atoms with E-state index < -0.39 is 4.92 Å². The third-order valence-electron chi connectivity index (χ3n) is 3.20. The van der Waals surface area contributed by atoms with Crippen LogP contribution in [-0.2, 0) is 0 Å². The SMILES string of the molecule is O=C(c1ccc(Cl)cc1[N+](=O)[O-])N1CCCC1CBr. The fraction of sp³-hybridized carbons (Fsp3) is 0.417. The second-order valence-corrected chi connectivity index (χ2v) is 5.45. The highest BCUT2D eigenvalue weighted by molar-refractivity contribution is 9.09. The molecule has 2 rings (SSSR count). The Balaban J connectivity index is 2.36. The van der Waals surface area contributed by atoms with Crippen molar-refractivity contribution in [2.24, 2.45) is 0 Å². The van der Waals surface area contributed by atoms with Crippen molar-refractivity contribution in [2.45, 2.75) is 18.9 Å². The van der Waals surface area contributed by atoms with Gasteiger partial charge in [-0.3, -0.25) is 14.9 Å². The number of amides is 1. The molecule has 0 radical (unpaired) electrons. The van der Waals surface area contributed by atoms with E-state index in [0.29, 0.717) is 11.9 Å². The Hall–Kier alpha value is -1.14. The lowest BCUT2D eigenvalue weighted by Gasteiger charge is -2.22. The third-order valence-corrected chi connectivity index (χ3v) is 4.19. The summed E-state index contributed by atoms with van der Waals surface area (Å²) in [5.74, 6) is -0.301. The first-order chi connectivity index (χ1) is 9.04. The van der Waals surface area contributed by atoms with E-state index in [1.54, 1.807) is 4.90 Å². The monoisotopic (exact) mass is 346 g/mol. The van der Waals surface area contributed by atoms with Crippen molar-refractivity contribution < 1.29 is 9.72 Å². The highest BCUT2D eigenvalue weighted by Gasteiger charge is 2.32. The number of rotatable bonds is 3. The van der Waals surface area contributed by atoms with E-state index >= 15 is 0 Å². The lowest BCUT2D eigenvalue weighted by atomic mass is 10.1. The van der Waals surface area contributed by atoms with Crippen molar-refractivity contribution in [2.75, 3.05) is 11.9 Å². The Morgan fingerprint density at radius 3 is 2.95 bits per heavy atom. The summed E-state index contributed by atoms with van der Waals surface area (Å²) in [5, 5.41) is 11.9. The van der Waals surface area contributed by atoms with Gasteiger partial charge in [0.25, 0.3) is 11.6 Å². The molecular weight excluding hydrogens is 336 g/mol. The Kier molecular flexibility index (Phi) is 4.42. The van der Waals surface area contributed by atoms with Gasteiger partial charge in [0.2, 0.25) is 0 Å².